The van der Waals surface area contributed by atoms with E-state index in [1.54, 1.807) is 6.07 Å². The van der Waals surface area contributed by atoms with Crippen LogP contribution >= 0.6 is 0 Å². The molecule has 0 atom stereocenters. The number of ether oxygens (including phenoxy) is 1. The maximum Gasteiger partial charge on any atom is 0.125 e. The summed E-state index contributed by atoms with van der Waals surface area (Å²) in [7, 11) is 0. The van der Waals surface area contributed by atoms with Gasteiger partial charge in [-0.3, -0.25) is 0 Å². The summed E-state index contributed by atoms with van der Waals surface area (Å²) in [5.41, 5.74) is 10.4. The summed E-state index contributed by atoms with van der Waals surface area (Å²) in [6.07, 6.45) is 0. The number of nitrogen functional groups attached to an aromatic ring is 1. The number of hydrogen-bond donors (Lipinski definition) is 1. The van der Waals surface area contributed by atoms with Crippen LogP contribution in [-0.4, -0.2) is 0 Å². The quantitative estimate of drug-likeness (QED) is 0.848. The Kier molecular flexibility index (Phi) is 3.74. The predicted molar refractivity (Wildman–Crippen MR) is 75.8 cm³/mol. The van der Waals surface area contributed by atoms with Crippen LogP contribution in [0.4, 0.5) is 10.1 Å². The van der Waals surface area contributed by atoms with Crippen LogP contribution in [0.15, 0.2) is 30.3 Å². The molecule has 0 saturated heterocycles. The lowest BCUT2D eigenvalue weighted by Gasteiger charge is -2.14. The van der Waals surface area contributed by atoms with Crippen molar-refractivity contribution in [3.8, 4) is 5.75 Å². The highest BCUT2D eigenvalue weighted by molar-refractivity contribution is 5.52. The molecule has 2 N–H and O–H groups in total. The van der Waals surface area contributed by atoms with Crippen LogP contribution in [0.1, 0.15) is 22.3 Å². The van der Waals surface area contributed by atoms with Crippen LogP contribution in [-0.2, 0) is 6.61 Å². The molecule has 0 amide bonds. The second-order valence-corrected chi connectivity index (χ2v) is 4.84. The van der Waals surface area contributed by atoms with E-state index in [0.29, 0.717) is 6.61 Å². The Bertz CT molecular complexity index is 585. The van der Waals surface area contributed by atoms with Gasteiger partial charge in [-0.25, -0.2) is 4.39 Å². The third-order valence-electron chi connectivity index (χ3n) is 3.16. The summed E-state index contributed by atoms with van der Waals surface area (Å²) >= 11 is 0. The zero-order valence-corrected chi connectivity index (χ0v) is 11.5. The number of anilines is 1. The van der Waals surface area contributed by atoms with Crippen LogP contribution < -0.4 is 10.5 Å². The Labute approximate surface area is 113 Å². The normalized spacial score (nSPS) is 10.5. The van der Waals surface area contributed by atoms with Gasteiger partial charge in [0.1, 0.15) is 18.2 Å². The molecule has 2 aromatic carbocycles. The maximum absolute atomic E-state index is 13.0. The zero-order chi connectivity index (χ0) is 14.0. The van der Waals surface area contributed by atoms with Crippen LogP contribution in [0.2, 0.25) is 0 Å². The number of nitrogens with two attached hydrogens (primary N) is 1. The fourth-order valence-corrected chi connectivity index (χ4v) is 2.18. The van der Waals surface area contributed by atoms with Gasteiger partial charge in [0, 0.05) is 5.69 Å². The lowest BCUT2D eigenvalue weighted by molar-refractivity contribution is 0.301. The molecule has 100 valence electrons. The van der Waals surface area contributed by atoms with Crippen molar-refractivity contribution < 1.29 is 9.13 Å². The lowest BCUT2D eigenvalue weighted by atomic mass is 10.1. The third kappa shape index (κ3) is 3.05. The molecule has 0 unspecified atom stereocenters. The van der Waals surface area contributed by atoms with Gasteiger partial charge in [0.2, 0.25) is 0 Å². The summed E-state index contributed by atoms with van der Waals surface area (Å²) in [4.78, 5) is 0. The third-order valence-corrected chi connectivity index (χ3v) is 3.16. The van der Waals surface area contributed by atoms with E-state index in [1.807, 2.05) is 32.9 Å². The molecule has 3 heteroatoms. The van der Waals surface area contributed by atoms with Gasteiger partial charge in [-0.05, 0) is 67.3 Å². The Morgan fingerprint density at radius 3 is 2.21 bits per heavy atom. The smallest absolute Gasteiger partial charge is 0.125 e. The zero-order valence-electron chi connectivity index (χ0n) is 11.5. The monoisotopic (exact) mass is 259 g/mol. The largest absolute Gasteiger partial charge is 0.488 e. The molecule has 0 radical (unpaired) electrons. The lowest BCUT2D eigenvalue weighted by Crippen LogP contribution is -2.02. The highest BCUT2D eigenvalue weighted by Gasteiger charge is 2.07. The standard InChI is InChI=1S/C16H18FNO/c1-10-6-14(17)5-4-13(10)9-19-16-11(2)7-15(18)8-12(16)3/h4-8H,9,18H2,1-3H3. The van der Waals surface area contributed by atoms with Crippen molar-refractivity contribution >= 4 is 5.69 Å². The van der Waals surface area contributed by atoms with E-state index in [4.69, 9.17) is 10.5 Å². The molecule has 2 rings (SSSR count). The molecule has 0 spiro atoms. The molecule has 2 aromatic rings. The van der Waals surface area contributed by atoms with Gasteiger partial charge in [-0.1, -0.05) is 6.07 Å². The predicted octanol–water partition coefficient (Wildman–Crippen LogP) is 3.91. The molecule has 19 heavy (non-hydrogen) atoms. The summed E-state index contributed by atoms with van der Waals surface area (Å²) in [5.74, 6) is 0.624. The number of benzene rings is 2. The van der Waals surface area contributed by atoms with E-state index in [9.17, 15) is 4.39 Å². The summed E-state index contributed by atoms with van der Waals surface area (Å²) in [5, 5.41) is 0. The van der Waals surface area contributed by atoms with Crippen LogP contribution in [0, 0.1) is 26.6 Å². The minimum absolute atomic E-state index is 0.221. The number of rotatable bonds is 3. The van der Waals surface area contributed by atoms with Gasteiger partial charge in [0.05, 0.1) is 0 Å². The van der Waals surface area contributed by atoms with Crippen molar-refractivity contribution in [3.05, 3.63) is 58.4 Å². The van der Waals surface area contributed by atoms with Crippen LogP contribution in [0.5, 0.6) is 5.75 Å². The molecular formula is C16H18FNO. The number of aryl methyl sites for hydroxylation is 3. The molecular weight excluding hydrogens is 241 g/mol. The first-order valence-corrected chi connectivity index (χ1v) is 6.22. The van der Waals surface area contributed by atoms with Crippen molar-refractivity contribution in [1.29, 1.82) is 0 Å². The highest BCUT2D eigenvalue weighted by Crippen LogP contribution is 2.27. The molecule has 2 nitrogen and oxygen atoms in total. The molecule has 0 saturated carbocycles. The first kappa shape index (κ1) is 13.4. The van der Waals surface area contributed by atoms with E-state index in [0.717, 1.165) is 33.7 Å². The van der Waals surface area contributed by atoms with E-state index in [2.05, 4.69) is 0 Å². The van der Waals surface area contributed by atoms with E-state index in [-0.39, 0.29) is 5.82 Å². The first-order valence-electron chi connectivity index (χ1n) is 6.22. The Morgan fingerprint density at radius 1 is 1.00 bits per heavy atom. The van der Waals surface area contributed by atoms with Gasteiger partial charge in [-0.15, -0.1) is 0 Å². The molecule has 0 bridgehead atoms. The number of hydrogen-bond acceptors (Lipinski definition) is 2. The van der Waals surface area contributed by atoms with Gasteiger partial charge in [0.15, 0.2) is 0 Å². The number of halogens is 1. The minimum Gasteiger partial charge on any atom is -0.488 e. The second-order valence-electron chi connectivity index (χ2n) is 4.84. The van der Waals surface area contributed by atoms with E-state index in [1.165, 1.54) is 12.1 Å². The van der Waals surface area contributed by atoms with Crippen molar-refractivity contribution in [3.63, 3.8) is 0 Å². The van der Waals surface area contributed by atoms with Gasteiger partial charge in [0.25, 0.3) is 0 Å². The molecule has 0 aliphatic rings. The first-order chi connectivity index (χ1) is 8.97. The molecule has 0 aromatic heterocycles. The summed E-state index contributed by atoms with van der Waals surface area (Å²) < 4.78 is 18.9. The fraction of sp³-hybridized carbons (Fsp3) is 0.250. The average Bonchev–Trinajstić information content (AvgIpc) is 2.30. The highest BCUT2D eigenvalue weighted by atomic mass is 19.1. The van der Waals surface area contributed by atoms with Gasteiger partial charge < -0.3 is 10.5 Å². The maximum atomic E-state index is 13.0. The van der Waals surface area contributed by atoms with E-state index < -0.39 is 0 Å². The van der Waals surface area contributed by atoms with Gasteiger partial charge in [-0.2, -0.15) is 0 Å². The summed E-state index contributed by atoms with van der Waals surface area (Å²) in [6, 6.07) is 8.50. The van der Waals surface area contributed by atoms with Crippen LogP contribution in [0.3, 0.4) is 0 Å². The van der Waals surface area contributed by atoms with Crippen molar-refractivity contribution in [2.24, 2.45) is 0 Å². The van der Waals surface area contributed by atoms with E-state index >= 15 is 0 Å². The van der Waals surface area contributed by atoms with Crippen molar-refractivity contribution in [2.45, 2.75) is 27.4 Å². The Morgan fingerprint density at radius 2 is 1.63 bits per heavy atom. The summed E-state index contributed by atoms with van der Waals surface area (Å²) in [6.45, 7) is 6.24. The molecule has 0 heterocycles. The SMILES string of the molecule is Cc1cc(F)ccc1COc1c(C)cc(N)cc1C. The minimum atomic E-state index is -0.221. The average molecular weight is 259 g/mol. The molecule has 0 aliphatic carbocycles. The molecule has 0 fully saturated rings. The topological polar surface area (TPSA) is 35.2 Å². The molecule has 0 aliphatic heterocycles. The Hall–Kier alpha value is -2.03. The fourth-order valence-electron chi connectivity index (χ4n) is 2.18. The Balaban J connectivity index is 2.19. The van der Waals surface area contributed by atoms with Gasteiger partial charge >= 0.3 is 0 Å². The van der Waals surface area contributed by atoms with Crippen molar-refractivity contribution in [2.75, 3.05) is 5.73 Å². The second kappa shape index (κ2) is 5.31. The van der Waals surface area contributed by atoms with Crippen LogP contribution in [0.25, 0.3) is 0 Å². The van der Waals surface area contributed by atoms with Crippen molar-refractivity contribution in [1.82, 2.24) is 0 Å².